The maximum absolute atomic E-state index is 4.41. The van der Waals surface area contributed by atoms with Crippen LogP contribution in [0.1, 0.15) is 11.1 Å². The van der Waals surface area contributed by atoms with Gasteiger partial charge in [0, 0.05) is 27.6 Å². The molecule has 4 heteroatoms. The molecule has 0 fully saturated rings. The third kappa shape index (κ3) is 4.07. The summed E-state index contributed by atoms with van der Waals surface area (Å²) in [4.78, 5) is 0. The Kier molecular flexibility index (Phi) is 4.55. The number of rotatable bonds is 5. The van der Waals surface area contributed by atoms with Crippen LogP contribution < -0.4 is 5.32 Å². The van der Waals surface area contributed by atoms with Crippen LogP contribution in [0.25, 0.3) is 0 Å². The van der Waals surface area contributed by atoms with Crippen molar-refractivity contribution in [3.63, 3.8) is 0 Å². The van der Waals surface area contributed by atoms with Gasteiger partial charge in [0.25, 0.3) is 0 Å². The molecule has 3 rings (SSSR count). The molecular weight excluding hydrogens is 373 g/mol. The van der Waals surface area contributed by atoms with E-state index in [2.05, 4.69) is 87.7 Å². The van der Waals surface area contributed by atoms with Gasteiger partial charge in [-0.05, 0) is 52.4 Å². The molecule has 0 aliphatic rings. The van der Waals surface area contributed by atoms with Gasteiger partial charge in [0.05, 0.1) is 12.7 Å². The predicted octanol–water partition coefficient (Wildman–Crippen LogP) is 4.15. The standard InChI is InChI=1S/C17H16IN3/c18-16-6-8-17(9-7-16)19-10-15-11-20-21(13-15)12-14-4-2-1-3-5-14/h1-9,11,13,19H,10,12H2. The van der Waals surface area contributed by atoms with E-state index in [4.69, 9.17) is 0 Å². The van der Waals surface area contributed by atoms with Crippen LogP contribution in [0.15, 0.2) is 67.0 Å². The van der Waals surface area contributed by atoms with Gasteiger partial charge >= 0.3 is 0 Å². The number of anilines is 1. The molecule has 106 valence electrons. The Morgan fingerprint density at radius 2 is 1.71 bits per heavy atom. The van der Waals surface area contributed by atoms with Gasteiger partial charge in [-0.15, -0.1) is 0 Å². The second-order valence-corrected chi connectivity index (χ2v) is 6.14. The zero-order valence-corrected chi connectivity index (χ0v) is 13.7. The smallest absolute Gasteiger partial charge is 0.0659 e. The number of halogens is 1. The Morgan fingerprint density at radius 3 is 2.48 bits per heavy atom. The van der Waals surface area contributed by atoms with Crippen molar-refractivity contribution in [3.05, 3.63) is 81.7 Å². The predicted molar refractivity (Wildman–Crippen MR) is 94.3 cm³/mol. The van der Waals surface area contributed by atoms with E-state index >= 15 is 0 Å². The third-order valence-electron chi connectivity index (χ3n) is 3.21. The van der Waals surface area contributed by atoms with Crippen LogP contribution in [0, 0.1) is 3.57 Å². The number of aromatic nitrogens is 2. The summed E-state index contributed by atoms with van der Waals surface area (Å²) in [5.74, 6) is 0. The van der Waals surface area contributed by atoms with Gasteiger partial charge in [-0.1, -0.05) is 30.3 Å². The Balaban J connectivity index is 1.59. The number of nitrogens with one attached hydrogen (secondary N) is 1. The molecule has 0 saturated carbocycles. The van der Waals surface area contributed by atoms with Crippen molar-refractivity contribution < 1.29 is 0 Å². The average Bonchev–Trinajstić information content (AvgIpc) is 2.95. The molecule has 0 spiro atoms. The summed E-state index contributed by atoms with van der Waals surface area (Å²) in [5, 5.41) is 7.82. The molecule has 1 aromatic heterocycles. The molecule has 0 radical (unpaired) electrons. The minimum atomic E-state index is 0.787. The highest BCUT2D eigenvalue weighted by Gasteiger charge is 2.00. The van der Waals surface area contributed by atoms with E-state index in [1.165, 1.54) is 14.7 Å². The van der Waals surface area contributed by atoms with Gasteiger partial charge < -0.3 is 5.32 Å². The Morgan fingerprint density at radius 1 is 0.952 bits per heavy atom. The van der Waals surface area contributed by atoms with Gasteiger partial charge in [-0.25, -0.2) is 0 Å². The number of hydrogen-bond acceptors (Lipinski definition) is 2. The number of nitrogens with zero attached hydrogens (tertiary/aromatic N) is 2. The van der Waals surface area contributed by atoms with Gasteiger partial charge in [-0.2, -0.15) is 5.10 Å². The van der Waals surface area contributed by atoms with Crippen molar-refractivity contribution in [1.82, 2.24) is 9.78 Å². The Bertz CT molecular complexity index is 690. The number of hydrogen-bond donors (Lipinski definition) is 1. The van der Waals surface area contributed by atoms with Gasteiger partial charge in [0.1, 0.15) is 0 Å². The van der Waals surface area contributed by atoms with Crippen molar-refractivity contribution in [2.75, 3.05) is 5.32 Å². The van der Waals surface area contributed by atoms with E-state index in [1.807, 2.05) is 16.9 Å². The zero-order chi connectivity index (χ0) is 14.5. The lowest BCUT2D eigenvalue weighted by molar-refractivity contribution is 0.686. The molecule has 1 heterocycles. The van der Waals surface area contributed by atoms with Crippen LogP contribution in [0.5, 0.6) is 0 Å². The van der Waals surface area contributed by atoms with Crippen molar-refractivity contribution >= 4 is 28.3 Å². The molecular formula is C17H16IN3. The highest BCUT2D eigenvalue weighted by Crippen LogP contribution is 2.12. The summed E-state index contributed by atoms with van der Waals surface area (Å²) in [5.41, 5.74) is 3.58. The molecule has 0 saturated heterocycles. The normalized spacial score (nSPS) is 10.5. The van der Waals surface area contributed by atoms with Crippen molar-refractivity contribution in [2.45, 2.75) is 13.1 Å². The summed E-state index contributed by atoms with van der Waals surface area (Å²) in [6, 6.07) is 18.8. The maximum Gasteiger partial charge on any atom is 0.0659 e. The van der Waals surface area contributed by atoms with E-state index < -0.39 is 0 Å². The van der Waals surface area contributed by atoms with Crippen molar-refractivity contribution in [2.24, 2.45) is 0 Å². The molecule has 1 N–H and O–H groups in total. The topological polar surface area (TPSA) is 29.9 Å². The first kappa shape index (κ1) is 14.1. The summed E-state index contributed by atoms with van der Waals surface area (Å²) in [6.07, 6.45) is 4.01. The van der Waals surface area contributed by atoms with Crippen molar-refractivity contribution in [3.8, 4) is 0 Å². The van der Waals surface area contributed by atoms with E-state index in [-0.39, 0.29) is 0 Å². The molecule has 0 unspecified atom stereocenters. The van der Waals surface area contributed by atoms with Gasteiger partial charge in [0.15, 0.2) is 0 Å². The highest BCUT2D eigenvalue weighted by atomic mass is 127. The fraction of sp³-hybridized carbons (Fsp3) is 0.118. The van der Waals surface area contributed by atoms with Crippen LogP contribution in [-0.2, 0) is 13.1 Å². The molecule has 0 atom stereocenters. The first-order valence-corrected chi connectivity index (χ1v) is 7.92. The lowest BCUT2D eigenvalue weighted by Crippen LogP contribution is -2.00. The molecule has 3 nitrogen and oxygen atoms in total. The summed E-state index contributed by atoms with van der Waals surface area (Å²) >= 11 is 2.31. The van der Waals surface area contributed by atoms with E-state index in [0.29, 0.717) is 0 Å². The second-order valence-electron chi connectivity index (χ2n) is 4.89. The van der Waals surface area contributed by atoms with E-state index in [9.17, 15) is 0 Å². The minimum absolute atomic E-state index is 0.787. The fourth-order valence-corrected chi connectivity index (χ4v) is 2.49. The summed E-state index contributed by atoms with van der Waals surface area (Å²) < 4.78 is 3.22. The average molecular weight is 389 g/mol. The van der Waals surface area contributed by atoms with E-state index in [0.717, 1.165) is 18.8 Å². The van der Waals surface area contributed by atoms with Gasteiger partial charge in [-0.3, -0.25) is 4.68 Å². The lowest BCUT2D eigenvalue weighted by atomic mass is 10.2. The summed E-state index contributed by atoms with van der Waals surface area (Å²) in [7, 11) is 0. The van der Waals surface area contributed by atoms with Crippen molar-refractivity contribution in [1.29, 1.82) is 0 Å². The highest BCUT2D eigenvalue weighted by molar-refractivity contribution is 14.1. The van der Waals surface area contributed by atoms with Gasteiger partial charge in [0.2, 0.25) is 0 Å². The molecule has 0 aliphatic carbocycles. The van der Waals surface area contributed by atoms with Crippen LogP contribution in [0.3, 0.4) is 0 Å². The molecule has 0 bridgehead atoms. The maximum atomic E-state index is 4.41. The van der Waals surface area contributed by atoms with E-state index in [1.54, 1.807) is 0 Å². The Labute approximate surface area is 138 Å². The molecule has 0 amide bonds. The molecule has 0 aliphatic heterocycles. The zero-order valence-electron chi connectivity index (χ0n) is 11.5. The van der Waals surface area contributed by atoms with Crippen LogP contribution >= 0.6 is 22.6 Å². The minimum Gasteiger partial charge on any atom is -0.381 e. The SMILES string of the molecule is Ic1ccc(NCc2cnn(Cc3ccccc3)c2)cc1. The van der Waals surface area contributed by atoms with Crippen LogP contribution in [-0.4, -0.2) is 9.78 Å². The molecule has 2 aromatic carbocycles. The fourth-order valence-electron chi connectivity index (χ4n) is 2.13. The van der Waals surface area contributed by atoms with Crippen LogP contribution in [0.2, 0.25) is 0 Å². The number of benzene rings is 2. The largest absolute Gasteiger partial charge is 0.381 e. The second kappa shape index (κ2) is 6.76. The quantitative estimate of drug-likeness (QED) is 0.665. The Hall–Kier alpha value is -1.82. The summed E-state index contributed by atoms with van der Waals surface area (Å²) in [6.45, 7) is 1.60. The molecule has 21 heavy (non-hydrogen) atoms. The van der Waals surface area contributed by atoms with Crippen LogP contribution in [0.4, 0.5) is 5.69 Å². The molecule has 3 aromatic rings. The first-order valence-electron chi connectivity index (χ1n) is 6.84. The first-order chi connectivity index (χ1) is 10.3. The monoisotopic (exact) mass is 389 g/mol. The third-order valence-corrected chi connectivity index (χ3v) is 3.93. The lowest BCUT2D eigenvalue weighted by Gasteiger charge is -2.04.